The molecule has 8 nitrogen and oxygen atoms in total. The molecule has 0 bridgehead atoms. The molecular weight excluding hydrogens is 464 g/mol. The summed E-state index contributed by atoms with van der Waals surface area (Å²) in [6.45, 7) is 3.22. The van der Waals surface area contributed by atoms with Crippen molar-refractivity contribution in [3.63, 3.8) is 0 Å². The molecule has 0 unspecified atom stereocenters. The van der Waals surface area contributed by atoms with Crippen molar-refractivity contribution in [3.05, 3.63) is 83.2 Å². The van der Waals surface area contributed by atoms with Crippen LogP contribution in [-0.4, -0.2) is 52.1 Å². The molecule has 0 saturated carbocycles. The van der Waals surface area contributed by atoms with E-state index in [0.29, 0.717) is 30.5 Å². The Morgan fingerprint density at radius 1 is 1.18 bits per heavy atom. The minimum absolute atomic E-state index is 0.0106. The van der Waals surface area contributed by atoms with Crippen LogP contribution < -0.4 is 0 Å². The zero-order valence-electron chi connectivity index (χ0n) is 18.3. The minimum Gasteiger partial charge on any atom is -0.381 e. The number of nitrogens with zero attached hydrogens (tertiary/aromatic N) is 7. The number of halogens is 3. The third-order valence-corrected chi connectivity index (χ3v) is 6.52. The number of rotatable bonds is 6. The molecule has 0 saturated heterocycles. The molecule has 0 aliphatic carbocycles. The molecule has 0 radical (unpaired) electrons. The van der Waals surface area contributed by atoms with Gasteiger partial charge in [-0.15, -0.1) is 0 Å². The molecule has 0 amide bonds. The normalized spacial score (nSPS) is 16.7. The van der Waals surface area contributed by atoms with Gasteiger partial charge in [-0.1, -0.05) is 29.8 Å². The Balaban J connectivity index is 1.46. The van der Waals surface area contributed by atoms with Crippen molar-refractivity contribution >= 4 is 11.6 Å². The molecule has 34 heavy (non-hydrogen) atoms. The average Bonchev–Trinajstić information content (AvgIpc) is 3.47. The van der Waals surface area contributed by atoms with E-state index in [9.17, 15) is 13.9 Å². The van der Waals surface area contributed by atoms with Gasteiger partial charge < -0.3 is 5.11 Å². The Morgan fingerprint density at radius 3 is 2.76 bits per heavy atom. The Labute approximate surface area is 199 Å². The van der Waals surface area contributed by atoms with Gasteiger partial charge in [0.25, 0.3) is 0 Å². The van der Waals surface area contributed by atoms with Gasteiger partial charge in [0.2, 0.25) is 0 Å². The molecular formula is C23H22ClF2N7O. The summed E-state index contributed by atoms with van der Waals surface area (Å²) in [6, 6.07) is 9.95. The van der Waals surface area contributed by atoms with Crippen molar-refractivity contribution in [2.75, 3.05) is 6.54 Å². The van der Waals surface area contributed by atoms with Crippen molar-refractivity contribution in [3.8, 4) is 11.4 Å². The lowest BCUT2D eigenvalue weighted by Crippen LogP contribution is -2.53. The van der Waals surface area contributed by atoms with Crippen molar-refractivity contribution < 1.29 is 13.9 Å². The monoisotopic (exact) mass is 485 g/mol. The summed E-state index contributed by atoms with van der Waals surface area (Å²) >= 11 is 6.11. The van der Waals surface area contributed by atoms with E-state index in [1.54, 1.807) is 12.1 Å². The summed E-state index contributed by atoms with van der Waals surface area (Å²) in [5, 5.41) is 21.1. The van der Waals surface area contributed by atoms with Gasteiger partial charge in [-0.25, -0.2) is 28.1 Å². The Morgan fingerprint density at radius 2 is 2.03 bits per heavy atom. The molecule has 1 N–H and O–H groups in total. The Kier molecular flexibility index (Phi) is 5.88. The van der Waals surface area contributed by atoms with Crippen LogP contribution >= 0.6 is 11.6 Å². The van der Waals surface area contributed by atoms with E-state index in [2.05, 4.69) is 20.2 Å². The lowest BCUT2D eigenvalue weighted by Gasteiger charge is -2.42. The minimum atomic E-state index is -1.72. The van der Waals surface area contributed by atoms with E-state index >= 15 is 0 Å². The number of aliphatic hydroxyl groups is 1. The van der Waals surface area contributed by atoms with E-state index in [1.165, 1.54) is 23.4 Å². The molecule has 4 aromatic rings. The summed E-state index contributed by atoms with van der Waals surface area (Å²) in [7, 11) is 0. The van der Waals surface area contributed by atoms with Crippen molar-refractivity contribution in [2.24, 2.45) is 0 Å². The van der Waals surface area contributed by atoms with Gasteiger partial charge in [0.1, 0.15) is 35.7 Å². The van der Waals surface area contributed by atoms with Crippen LogP contribution in [0.3, 0.4) is 0 Å². The maximum absolute atomic E-state index is 14.9. The number of hydrogen-bond acceptors (Lipinski definition) is 6. The highest BCUT2D eigenvalue weighted by Gasteiger charge is 2.43. The quantitative estimate of drug-likeness (QED) is 0.451. The first-order valence-corrected chi connectivity index (χ1v) is 11.2. The van der Waals surface area contributed by atoms with Crippen LogP contribution in [0.1, 0.15) is 18.3 Å². The van der Waals surface area contributed by atoms with Gasteiger partial charge in [-0.3, -0.25) is 4.90 Å². The summed E-state index contributed by atoms with van der Waals surface area (Å²) in [6.07, 6.45) is 2.79. The fourth-order valence-electron chi connectivity index (χ4n) is 4.38. The zero-order valence-corrected chi connectivity index (χ0v) is 19.1. The second-order valence-corrected chi connectivity index (χ2v) is 8.81. The van der Waals surface area contributed by atoms with Crippen LogP contribution in [0, 0.1) is 11.6 Å². The summed E-state index contributed by atoms with van der Waals surface area (Å²) in [4.78, 5) is 10.6. The van der Waals surface area contributed by atoms with Gasteiger partial charge >= 0.3 is 0 Å². The molecule has 176 valence electrons. The third kappa shape index (κ3) is 4.20. The van der Waals surface area contributed by atoms with E-state index in [0.717, 1.165) is 23.5 Å². The van der Waals surface area contributed by atoms with Crippen LogP contribution in [0.15, 0.2) is 55.1 Å². The number of fused-ring (bicyclic) bond motifs is 1. The summed E-state index contributed by atoms with van der Waals surface area (Å²) in [5.74, 6) is -0.250. The highest BCUT2D eigenvalue weighted by Crippen LogP contribution is 2.34. The predicted octanol–water partition coefficient (Wildman–Crippen LogP) is 3.26. The topological polar surface area (TPSA) is 84.9 Å². The standard InChI is InChI=1S/C23H22ClF2N7O/c1-15(23(34,12-32-14-27-13-28-32)19-6-5-18(25)10-20(19)26)31-7-8-33-21(11-31)29-22(30-33)16-3-2-4-17(24)9-16/h2-6,9-10,13-15,34H,7-8,11-12H2,1H3/t15-,23-/m1/s1. The SMILES string of the molecule is C[C@@H](N1CCn2nc(-c3cccc(Cl)c3)nc2C1)[C@](O)(Cn1cncn1)c1ccc(F)cc1F. The fraction of sp³-hybridized carbons (Fsp3) is 0.304. The molecule has 0 fully saturated rings. The van der Waals surface area contributed by atoms with Crippen LogP contribution in [-0.2, 0) is 25.2 Å². The predicted molar refractivity (Wildman–Crippen MR) is 121 cm³/mol. The van der Waals surface area contributed by atoms with E-state index in [-0.39, 0.29) is 12.1 Å². The number of benzene rings is 2. The first-order valence-electron chi connectivity index (χ1n) is 10.8. The molecule has 11 heteroatoms. The molecule has 1 aliphatic rings. The largest absolute Gasteiger partial charge is 0.381 e. The molecule has 2 atom stereocenters. The van der Waals surface area contributed by atoms with Crippen molar-refractivity contribution in [2.45, 2.75) is 38.2 Å². The van der Waals surface area contributed by atoms with Gasteiger partial charge in [0.05, 0.1) is 19.6 Å². The van der Waals surface area contributed by atoms with Crippen molar-refractivity contribution in [1.29, 1.82) is 0 Å². The van der Waals surface area contributed by atoms with Crippen LogP contribution in [0.4, 0.5) is 8.78 Å². The maximum atomic E-state index is 14.9. The number of aromatic nitrogens is 6. The second kappa shape index (κ2) is 8.86. The average molecular weight is 486 g/mol. The van der Waals surface area contributed by atoms with Crippen LogP contribution in [0.2, 0.25) is 5.02 Å². The smallest absolute Gasteiger partial charge is 0.181 e. The summed E-state index contributed by atoms with van der Waals surface area (Å²) in [5.41, 5.74) is -0.919. The van der Waals surface area contributed by atoms with Gasteiger partial charge in [-0.2, -0.15) is 10.2 Å². The molecule has 2 aromatic heterocycles. The summed E-state index contributed by atoms with van der Waals surface area (Å²) < 4.78 is 31.7. The van der Waals surface area contributed by atoms with Crippen LogP contribution in [0.25, 0.3) is 11.4 Å². The second-order valence-electron chi connectivity index (χ2n) is 8.37. The number of hydrogen-bond donors (Lipinski definition) is 1. The first kappa shape index (κ1) is 22.6. The highest BCUT2D eigenvalue weighted by molar-refractivity contribution is 6.30. The molecule has 1 aliphatic heterocycles. The van der Waals surface area contributed by atoms with Gasteiger partial charge in [-0.05, 0) is 25.1 Å². The van der Waals surface area contributed by atoms with Crippen LogP contribution in [0.5, 0.6) is 0 Å². The molecule has 3 heterocycles. The zero-order chi connectivity index (χ0) is 23.9. The van der Waals surface area contributed by atoms with E-state index in [4.69, 9.17) is 11.6 Å². The third-order valence-electron chi connectivity index (χ3n) is 6.28. The lowest BCUT2D eigenvalue weighted by molar-refractivity contribution is -0.0714. The maximum Gasteiger partial charge on any atom is 0.181 e. The Bertz CT molecular complexity index is 1310. The molecule has 0 spiro atoms. The van der Waals surface area contributed by atoms with E-state index < -0.39 is 23.3 Å². The first-order chi connectivity index (χ1) is 16.3. The Hall–Kier alpha value is -3.21. The van der Waals surface area contributed by atoms with Gasteiger partial charge in [0, 0.05) is 34.8 Å². The lowest BCUT2D eigenvalue weighted by atomic mass is 9.85. The van der Waals surface area contributed by atoms with Crippen molar-refractivity contribution in [1.82, 2.24) is 34.4 Å². The van der Waals surface area contributed by atoms with E-state index in [1.807, 2.05) is 28.6 Å². The molecule has 5 rings (SSSR count). The highest BCUT2D eigenvalue weighted by atomic mass is 35.5. The molecule has 2 aromatic carbocycles. The van der Waals surface area contributed by atoms with Gasteiger partial charge in [0.15, 0.2) is 5.82 Å². The fourth-order valence-corrected chi connectivity index (χ4v) is 4.57.